The highest BCUT2D eigenvalue weighted by Gasteiger charge is 2.38. The average molecular weight is 389 g/mol. The molecular weight excluding hydrogens is 371 g/mol. The van der Waals surface area contributed by atoms with Gasteiger partial charge in [0.15, 0.2) is 5.65 Å². The van der Waals surface area contributed by atoms with Crippen molar-refractivity contribution < 1.29 is 13.2 Å². The Labute approximate surface area is 158 Å². The van der Waals surface area contributed by atoms with E-state index in [4.69, 9.17) is 0 Å². The van der Waals surface area contributed by atoms with Crippen molar-refractivity contribution in [2.75, 3.05) is 11.9 Å². The molecule has 146 valence electrons. The minimum absolute atomic E-state index is 0.104. The van der Waals surface area contributed by atoms with E-state index in [1.807, 2.05) is 31.2 Å². The predicted octanol–water partition coefficient (Wildman–Crippen LogP) is 3.53. The lowest BCUT2D eigenvalue weighted by Gasteiger charge is -2.13. The molecule has 0 amide bonds. The molecule has 0 spiro atoms. The van der Waals surface area contributed by atoms with Crippen molar-refractivity contribution in [3.63, 3.8) is 0 Å². The number of hydrogen-bond acceptors (Lipinski definition) is 5. The number of nitrogens with one attached hydrogen (secondary N) is 1. The molecular formula is C18H18F3N7. The molecule has 0 unspecified atom stereocenters. The molecule has 0 fully saturated rings. The number of fused-ring (bicyclic) bond motifs is 2. The first-order valence-electron chi connectivity index (χ1n) is 8.73. The molecule has 0 saturated carbocycles. The monoisotopic (exact) mass is 389 g/mol. The molecule has 4 rings (SSSR count). The van der Waals surface area contributed by atoms with Crippen molar-refractivity contribution in [2.24, 2.45) is 0 Å². The smallest absolute Gasteiger partial charge is 0.367 e. The summed E-state index contributed by atoms with van der Waals surface area (Å²) in [5.41, 5.74) is 3.36. The minimum atomic E-state index is -4.63. The third kappa shape index (κ3) is 2.94. The second-order valence-electron chi connectivity index (χ2n) is 6.58. The SMILES string of the molecule is Cc1c(NCCn2c(C)nc3ccccc32)nn2c(C(F)(F)F)nnc2c1C. The first kappa shape index (κ1) is 18.2. The summed E-state index contributed by atoms with van der Waals surface area (Å²) < 4.78 is 42.3. The maximum absolute atomic E-state index is 13.2. The highest BCUT2D eigenvalue weighted by Crippen LogP contribution is 2.29. The molecule has 0 atom stereocenters. The van der Waals surface area contributed by atoms with Crippen molar-refractivity contribution in [1.29, 1.82) is 0 Å². The minimum Gasteiger partial charge on any atom is -0.367 e. The van der Waals surface area contributed by atoms with Crippen LogP contribution in [0.5, 0.6) is 0 Å². The van der Waals surface area contributed by atoms with Crippen LogP contribution in [-0.2, 0) is 12.7 Å². The molecule has 1 aromatic carbocycles. The molecule has 10 heteroatoms. The lowest BCUT2D eigenvalue weighted by molar-refractivity contribution is -0.146. The second kappa shape index (κ2) is 6.47. The van der Waals surface area contributed by atoms with Crippen molar-refractivity contribution in [3.05, 3.63) is 47.0 Å². The topological polar surface area (TPSA) is 72.9 Å². The third-order valence-corrected chi connectivity index (χ3v) is 4.82. The van der Waals surface area contributed by atoms with Crippen molar-refractivity contribution in [3.8, 4) is 0 Å². The van der Waals surface area contributed by atoms with E-state index in [9.17, 15) is 13.2 Å². The summed E-state index contributed by atoms with van der Waals surface area (Å²) in [5, 5.41) is 14.1. The van der Waals surface area contributed by atoms with Crippen molar-refractivity contribution in [1.82, 2.24) is 29.4 Å². The zero-order valence-electron chi connectivity index (χ0n) is 15.5. The maximum atomic E-state index is 13.2. The zero-order valence-corrected chi connectivity index (χ0v) is 15.5. The van der Waals surface area contributed by atoms with E-state index in [-0.39, 0.29) is 5.65 Å². The number of rotatable bonds is 4. The van der Waals surface area contributed by atoms with Crippen LogP contribution in [0.2, 0.25) is 0 Å². The summed E-state index contributed by atoms with van der Waals surface area (Å²) in [6, 6.07) is 7.81. The van der Waals surface area contributed by atoms with Gasteiger partial charge in [0.05, 0.1) is 11.0 Å². The van der Waals surface area contributed by atoms with E-state index in [0.29, 0.717) is 24.5 Å². The molecule has 28 heavy (non-hydrogen) atoms. The lowest BCUT2D eigenvalue weighted by atomic mass is 10.2. The van der Waals surface area contributed by atoms with Gasteiger partial charge < -0.3 is 9.88 Å². The van der Waals surface area contributed by atoms with Gasteiger partial charge in [-0.2, -0.15) is 17.7 Å². The number of benzene rings is 1. The number of para-hydroxylation sites is 2. The van der Waals surface area contributed by atoms with E-state index < -0.39 is 12.0 Å². The van der Waals surface area contributed by atoms with Gasteiger partial charge >= 0.3 is 6.18 Å². The van der Waals surface area contributed by atoms with Crippen LogP contribution < -0.4 is 5.32 Å². The lowest BCUT2D eigenvalue weighted by Crippen LogP contribution is -2.17. The molecule has 0 aliphatic heterocycles. The van der Waals surface area contributed by atoms with Crippen LogP contribution in [0, 0.1) is 20.8 Å². The molecule has 0 radical (unpaired) electrons. The molecule has 0 aliphatic rings. The Balaban J connectivity index is 1.63. The summed E-state index contributed by atoms with van der Waals surface area (Å²) in [6.07, 6.45) is -4.63. The second-order valence-corrected chi connectivity index (χ2v) is 6.58. The van der Waals surface area contributed by atoms with Gasteiger partial charge in [-0.05, 0) is 38.5 Å². The molecule has 1 N–H and O–H groups in total. The van der Waals surface area contributed by atoms with Crippen molar-refractivity contribution in [2.45, 2.75) is 33.5 Å². The molecule has 4 aromatic rings. The summed E-state index contributed by atoms with van der Waals surface area (Å²) in [6.45, 7) is 6.50. The molecule has 0 aliphatic carbocycles. The first-order chi connectivity index (χ1) is 13.3. The molecule has 0 saturated heterocycles. The van der Waals surface area contributed by atoms with Gasteiger partial charge in [-0.3, -0.25) is 0 Å². The van der Waals surface area contributed by atoms with Gasteiger partial charge in [0, 0.05) is 18.7 Å². The van der Waals surface area contributed by atoms with Gasteiger partial charge in [-0.1, -0.05) is 12.1 Å². The molecule has 3 heterocycles. The van der Waals surface area contributed by atoms with Crippen LogP contribution >= 0.6 is 0 Å². The van der Waals surface area contributed by atoms with Gasteiger partial charge in [-0.25, -0.2) is 4.98 Å². The highest BCUT2D eigenvalue weighted by molar-refractivity contribution is 5.75. The summed E-state index contributed by atoms with van der Waals surface area (Å²) in [5.74, 6) is 0.111. The fourth-order valence-corrected chi connectivity index (χ4v) is 3.24. The molecule has 7 nitrogen and oxygen atoms in total. The van der Waals surface area contributed by atoms with E-state index in [0.717, 1.165) is 26.9 Å². The summed E-state index contributed by atoms with van der Waals surface area (Å²) in [4.78, 5) is 4.52. The van der Waals surface area contributed by atoms with Crippen LogP contribution in [0.1, 0.15) is 22.8 Å². The number of alkyl halides is 3. The van der Waals surface area contributed by atoms with Crippen LogP contribution in [0.25, 0.3) is 16.7 Å². The van der Waals surface area contributed by atoms with Gasteiger partial charge in [0.1, 0.15) is 11.6 Å². The van der Waals surface area contributed by atoms with Crippen LogP contribution in [-0.4, -0.2) is 35.9 Å². The number of aryl methyl sites for hydroxylation is 2. The van der Waals surface area contributed by atoms with Gasteiger partial charge in [-0.15, -0.1) is 15.3 Å². The number of imidazole rings is 1. The Morgan fingerprint density at radius 2 is 1.79 bits per heavy atom. The number of anilines is 1. The number of hydrogen-bond donors (Lipinski definition) is 1. The molecule has 0 bridgehead atoms. The fourth-order valence-electron chi connectivity index (χ4n) is 3.24. The quantitative estimate of drug-likeness (QED) is 0.578. The third-order valence-electron chi connectivity index (χ3n) is 4.82. The standard InChI is InChI=1S/C18H18F3N7/c1-10-11(2)16-24-25-17(18(19,20)21)28(16)26-15(10)22-8-9-27-12(3)23-13-6-4-5-7-14(13)27/h4-7H,8-9H2,1-3H3,(H,22,26). The van der Waals surface area contributed by atoms with E-state index >= 15 is 0 Å². The van der Waals surface area contributed by atoms with Crippen LogP contribution in [0.4, 0.5) is 19.0 Å². The van der Waals surface area contributed by atoms with E-state index in [1.165, 1.54) is 0 Å². The molecule has 3 aromatic heterocycles. The Morgan fingerprint density at radius 3 is 2.54 bits per heavy atom. The number of nitrogens with zero attached hydrogens (tertiary/aromatic N) is 6. The first-order valence-corrected chi connectivity index (χ1v) is 8.73. The number of halogens is 3. The van der Waals surface area contributed by atoms with Crippen LogP contribution in [0.15, 0.2) is 24.3 Å². The van der Waals surface area contributed by atoms with E-state index in [1.54, 1.807) is 13.8 Å². The largest absolute Gasteiger partial charge is 0.453 e. The zero-order chi connectivity index (χ0) is 20.1. The van der Waals surface area contributed by atoms with Gasteiger partial charge in [0.25, 0.3) is 5.82 Å². The Kier molecular flexibility index (Phi) is 4.20. The predicted molar refractivity (Wildman–Crippen MR) is 98.2 cm³/mol. The fraction of sp³-hybridized carbons (Fsp3) is 0.333. The van der Waals surface area contributed by atoms with E-state index in [2.05, 4.69) is 30.2 Å². The van der Waals surface area contributed by atoms with Crippen LogP contribution in [0.3, 0.4) is 0 Å². The number of aromatic nitrogens is 6. The Morgan fingerprint density at radius 1 is 1.04 bits per heavy atom. The Bertz CT molecular complexity index is 1170. The Hall–Kier alpha value is -3.17. The van der Waals surface area contributed by atoms with Gasteiger partial charge in [0.2, 0.25) is 0 Å². The van der Waals surface area contributed by atoms with Crippen molar-refractivity contribution >= 4 is 22.5 Å². The normalized spacial score (nSPS) is 12.2. The average Bonchev–Trinajstić information content (AvgIpc) is 3.20. The highest BCUT2D eigenvalue weighted by atomic mass is 19.4. The summed E-state index contributed by atoms with van der Waals surface area (Å²) in [7, 11) is 0. The summed E-state index contributed by atoms with van der Waals surface area (Å²) >= 11 is 0. The maximum Gasteiger partial charge on any atom is 0.453 e.